The highest BCUT2D eigenvalue weighted by atomic mass is 19.3. The smallest absolute Gasteiger partial charge is 0.257 e. The van der Waals surface area contributed by atoms with Crippen LogP contribution in [0.3, 0.4) is 0 Å². The molecule has 1 N–H and O–H groups in total. The Balaban J connectivity index is 1.80. The van der Waals surface area contributed by atoms with Crippen LogP contribution >= 0.6 is 0 Å². The highest BCUT2D eigenvalue weighted by molar-refractivity contribution is 6.04. The van der Waals surface area contributed by atoms with Gasteiger partial charge in [0.1, 0.15) is 6.54 Å². The highest BCUT2D eigenvalue weighted by Crippen LogP contribution is 2.17. The summed E-state index contributed by atoms with van der Waals surface area (Å²) >= 11 is 0. The number of aryl methyl sites for hydroxylation is 1. The molecule has 2 heterocycles. The quantitative estimate of drug-likeness (QED) is 0.700. The van der Waals surface area contributed by atoms with E-state index in [4.69, 9.17) is 0 Å². The minimum atomic E-state index is -2.51. The Bertz CT molecular complexity index is 1050. The molecule has 0 bridgehead atoms. The van der Waals surface area contributed by atoms with E-state index in [1.54, 1.807) is 37.5 Å². The molecule has 0 aliphatic heterocycles. The van der Waals surface area contributed by atoms with E-state index < -0.39 is 13.0 Å². The number of hydrogen-bond acceptors (Lipinski definition) is 3. The molecule has 0 radical (unpaired) electrons. The van der Waals surface area contributed by atoms with E-state index in [0.29, 0.717) is 16.9 Å². The average Bonchev–Trinajstić information content (AvgIpc) is 3.01. The van der Waals surface area contributed by atoms with Gasteiger partial charge in [0.2, 0.25) is 0 Å². The van der Waals surface area contributed by atoms with Gasteiger partial charge in [-0.05, 0) is 43.7 Å². The summed E-state index contributed by atoms with van der Waals surface area (Å²) in [6.07, 6.45) is 2.19. The Hall–Kier alpha value is -3.53. The van der Waals surface area contributed by atoms with Gasteiger partial charge >= 0.3 is 0 Å². The largest absolute Gasteiger partial charge is 0.319 e. The summed E-state index contributed by atoms with van der Waals surface area (Å²) in [5.74, 6) is 5.72. The summed E-state index contributed by atoms with van der Waals surface area (Å²) in [6.45, 7) is 3.03. The summed E-state index contributed by atoms with van der Waals surface area (Å²) in [5.41, 5.74) is 3.72. The molecule has 0 spiro atoms. The number of aromatic nitrogens is 3. The van der Waals surface area contributed by atoms with Crippen molar-refractivity contribution in [2.45, 2.75) is 26.8 Å². The van der Waals surface area contributed by atoms with Crippen LogP contribution in [0.25, 0.3) is 0 Å². The number of alkyl halides is 2. The van der Waals surface area contributed by atoms with Crippen molar-refractivity contribution in [1.29, 1.82) is 0 Å². The van der Waals surface area contributed by atoms with Crippen LogP contribution in [0.5, 0.6) is 0 Å². The van der Waals surface area contributed by atoms with E-state index in [1.807, 2.05) is 19.1 Å². The van der Waals surface area contributed by atoms with Gasteiger partial charge in [-0.25, -0.2) is 8.78 Å². The second kappa shape index (κ2) is 8.44. The van der Waals surface area contributed by atoms with Crippen LogP contribution < -0.4 is 5.32 Å². The van der Waals surface area contributed by atoms with Crippen LogP contribution in [0.1, 0.15) is 32.7 Å². The van der Waals surface area contributed by atoms with E-state index in [2.05, 4.69) is 27.2 Å². The maximum Gasteiger partial charge on any atom is 0.257 e. The first-order valence-corrected chi connectivity index (χ1v) is 8.58. The fraction of sp³-hybridized carbons (Fsp3) is 0.190. The lowest BCUT2D eigenvalue weighted by molar-refractivity contribution is 0.102. The van der Waals surface area contributed by atoms with E-state index in [0.717, 1.165) is 16.7 Å². The van der Waals surface area contributed by atoms with Crippen LogP contribution in [0.15, 0.2) is 48.9 Å². The van der Waals surface area contributed by atoms with Gasteiger partial charge in [-0.3, -0.25) is 14.5 Å². The lowest BCUT2D eigenvalue weighted by Crippen LogP contribution is -2.14. The molecule has 3 rings (SSSR count). The minimum Gasteiger partial charge on any atom is -0.319 e. The normalized spacial score (nSPS) is 10.5. The number of pyridine rings is 1. The zero-order valence-corrected chi connectivity index (χ0v) is 15.4. The molecule has 142 valence electrons. The molecule has 3 aromatic rings. The Morgan fingerprint density at radius 3 is 2.75 bits per heavy atom. The third-order valence-corrected chi connectivity index (χ3v) is 4.17. The molecule has 0 atom stereocenters. The topological polar surface area (TPSA) is 59.8 Å². The van der Waals surface area contributed by atoms with Crippen LogP contribution in [-0.4, -0.2) is 27.1 Å². The Kier molecular flexibility index (Phi) is 5.80. The lowest BCUT2D eigenvalue weighted by atomic mass is 10.0. The monoisotopic (exact) mass is 380 g/mol. The molecule has 0 saturated carbocycles. The fourth-order valence-electron chi connectivity index (χ4n) is 2.55. The van der Waals surface area contributed by atoms with Gasteiger partial charge in [-0.1, -0.05) is 17.9 Å². The number of rotatable bonds is 4. The molecule has 0 aliphatic carbocycles. The number of nitrogens with one attached hydrogen (secondary N) is 1. The third-order valence-electron chi connectivity index (χ3n) is 4.17. The second-order valence-corrected chi connectivity index (χ2v) is 6.19. The van der Waals surface area contributed by atoms with Crippen LogP contribution in [0.2, 0.25) is 0 Å². The first-order valence-electron chi connectivity index (χ1n) is 8.58. The maximum absolute atomic E-state index is 12.6. The number of benzene rings is 1. The van der Waals surface area contributed by atoms with Gasteiger partial charge in [0, 0.05) is 29.1 Å². The van der Waals surface area contributed by atoms with Gasteiger partial charge in [0.25, 0.3) is 12.3 Å². The molecule has 7 heteroatoms. The summed E-state index contributed by atoms with van der Waals surface area (Å²) in [5, 5.41) is 6.61. The predicted octanol–water partition coefficient (Wildman–Crippen LogP) is 3.81. The molecule has 28 heavy (non-hydrogen) atoms. The Labute approximate surface area is 161 Å². The second-order valence-electron chi connectivity index (χ2n) is 6.19. The summed E-state index contributed by atoms with van der Waals surface area (Å²) in [4.78, 5) is 16.6. The van der Waals surface area contributed by atoms with Gasteiger partial charge in [0.15, 0.2) is 0 Å². The number of hydrogen-bond donors (Lipinski definition) is 1. The maximum atomic E-state index is 12.6. The Morgan fingerprint density at radius 1 is 1.21 bits per heavy atom. The van der Waals surface area contributed by atoms with Crippen LogP contribution in [0, 0.1) is 25.7 Å². The molecule has 0 aliphatic rings. The number of amides is 1. The number of nitrogens with zero attached hydrogens (tertiary/aromatic N) is 3. The van der Waals surface area contributed by atoms with Crippen molar-refractivity contribution in [3.05, 3.63) is 76.9 Å². The molecule has 0 saturated heterocycles. The first kappa shape index (κ1) is 19.2. The number of anilines is 1. The van der Waals surface area contributed by atoms with Crippen molar-refractivity contribution < 1.29 is 13.6 Å². The molecule has 1 amide bonds. The van der Waals surface area contributed by atoms with Gasteiger partial charge in [0.05, 0.1) is 17.6 Å². The van der Waals surface area contributed by atoms with Crippen molar-refractivity contribution in [2.24, 2.45) is 0 Å². The van der Waals surface area contributed by atoms with E-state index in [-0.39, 0.29) is 5.91 Å². The van der Waals surface area contributed by atoms with Crippen LogP contribution in [-0.2, 0) is 6.54 Å². The molecule has 2 aromatic heterocycles. The number of carbonyl (C=O) groups is 1. The molecule has 0 unspecified atom stereocenters. The van der Waals surface area contributed by atoms with Crippen LogP contribution in [0.4, 0.5) is 14.5 Å². The van der Waals surface area contributed by atoms with Crippen molar-refractivity contribution in [3.63, 3.8) is 0 Å². The van der Waals surface area contributed by atoms with Gasteiger partial charge in [-0.2, -0.15) is 5.10 Å². The van der Waals surface area contributed by atoms with Crippen molar-refractivity contribution in [3.8, 4) is 11.8 Å². The summed E-state index contributed by atoms with van der Waals surface area (Å²) in [7, 11) is 0. The Morgan fingerprint density at radius 2 is 2.04 bits per heavy atom. The SMILES string of the molecule is Cc1ccc(C(=O)Nc2cnn(CC(F)F)c2C)cc1C#Cc1cccnc1. The highest BCUT2D eigenvalue weighted by Gasteiger charge is 2.14. The predicted molar refractivity (Wildman–Crippen MR) is 102 cm³/mol. The van der Waals surface area contributed by atoms with E-state index in [1.165, 1.54) is 10.9 Å². The molecule has 1 aromatic carbocycles. The third kappa shape index (κ3) is 4.60. The van der Waals surface area contributed by atoms with Gasteiger partial charge in [-0.15, -0.1) is 0 Å². The van der Waals surface area contributed by atoms with Gasteiger partial charge < -0.3 is 5.32 Å². The first-order chi connectivity index (χ1) is 13.4. The zero-order chi connectivity index (χ0) is 20.1. The molecular formula is C21H18F2N4O. The summed E-state index contributed by atoms with van der Waals surface area (Å²) in [6, 6.07) is 8.87. The molecular weight excluding hydrogens is 362 g/mol. The lowest BCUT2D eigenvalue weighted by Gasteiger charge is -2.07. The van der Waals surface area contributed by atoms with Crippen molar-refractivity contribution in [1.82, 2.24) is 14.8 Å². The fourth-order valence-corrected chi connectivity index (χ4v) is 2.55. The molecule has 5 nitrogen and oxygen atoms in total. The van der Waals surface area contributed by atoms with Crippen molar-refractivity contribution in [2.75, 3.05) is 5.32 Å². The zero-order valence-electron chi connectivity index (χ0n) is 15.4. The summed E-state index contributed by atoms with van der Waals surface area (Å²) < 4.78 is 26.3. The van der Waals surface area contributed by atoms with Crippen molar-refractivity contribution >= 4 is 11.6 Å². The number of carbonyl (C=O) groups excluding carboxylic acids is 1. The average molecular weight is 380 g/mol. The number of halogens is 2. The molecule has 0 fully saturated rings. The minimum absolute atomic E-state index is 0.357. The van der Waals surface area contributed by atoms with E-state index >= 15 is 0 Å². The standard InChI is InChI=1S/C21H18F2N4O/c1-14-5-7-18(10-17(14)8-6-16-4-3-9-24-11-16)21(28)26-19-12-25-27(15(19)2)13-20(22)23/h3-5,7,9-12,20H,13H2,1-2H3,(H,26,28). The van der Waals surface area contributed by atoms with E-state index in [9.17, 15) is 13.6 Å².